The first-order valence-electron chi connectivity index (χ1n) is 17.9. The van der Waals surface area contributed by atoms with Crippen LogP contribution in [0.25, 0.3) is 90.1 Å². The van der Waals surface area contributed by atoms with Crippen LogP contribution in [0.5, 0.6) is 0 Å². The van der Waals surface area contributed by atoms with Crippen molar-refractivity contribution in [3.05, 3.63) is 200 Å². The molecule has 0 fully saturated rings. The van der Waals surface area contributed by atoms with Crippen molar-refractivity contribution in [3.8, 4) is 90.1 Å². The predicted molar refractivity (Wildman–Crippen MR) is 219 cm³/mol. The summed E-state index contributed by atoms with van der Waals surface area (Å²) in [5.74, 6) is 0.602. The summed E-state index contributed by atoms with van der Waals surface area (Å²) in [5.41, 5.74) is 14.2. The van der Waals surface area contributed by atoms with Gasteiger partial charge in [0.25, 0.3) is 0 Å². The van der Waals surface area contributed by atoms with Gasteiger partial charge >= 0.3 is 0 Å². The SMILES string of the molecule is c1ccc(-c2cc(-c3ccccc3)cc(-c3cc(-c4ccccc4)nc(-c4ccnc(-c5cc(-c6ccccc6)cc(-c6ccccn6)n5)c4)n3)c2)cc1. The molecule has 4 aromatic heterocycles. The summed E-state index contributed by atoms with van der Waals surface area (Å²) < 4.78 is 0. The fourth-order valence-electron chi connectivity index (χ4n) is 6.67. The van der Waals surface area contributed by atoms with Gasteiger partial charge in [0.15, 0.2) is 5.82 Å². The molecule has 9 aromatic rings. The molecule has 0 saturated heterocycles. The van der Waals surface area contributed by atoms with Crippen LogP contribution in [-0.4, -0.2) is 24.9 Å². The molecule has 5 heteroatoms. The lowest BCUT2D eigenvalue weighted by molar-refractivity contribution is 1.17. The lowest BCUT2D eigenvalue weighted by Gasteiger charge is -2.14. The summed E-state index contributed by atoms with van der Waals surface area (Å²) in [7, 11) is 0. The van der Waals surface area contributed by atoms with E-state index in [-0.39, 0.29) is 0 Å². The summed E-state index contributed by atoms with van der Waals surface area (Å²) in [6.07, 6.45) is 3.60. The molecule has 5 nitrogen and oxygen atoms in total. The van der Waals surface area contributed by atoms with E-state index in [9.17, 15) is 0 Å². The molecule has 5 aromatic carbocycles. The van der Waals surface area contributed by atoms with Crippen molar-refractivity contribution in [2.24, 2.45) is 0 Å². The van der Waals surface area contributed by atoms with Crippen molar-refractivity contribution in [2.75, 3.05) is 0 Å². The third kappa shape index (κ3) is 6.94. The van der Waals surface area contributed by atoms with E-state index in [0.29, 0.717) is 5.82 Å². The molecule has 54 heavy (non-hydrogen) atoms. The van der Waals surface area contributed by atoms with E-state index in [1.165, 1.54) is 0 Å². The molecule has 0 N–H and O–H groups in total. The van der Waals surface area contributed by atoms with Crippen LogP contribution >= 0.6 is 0 Å². The molecule has 0 atom stereocenters. The molecule has 4 heterocycles. The number of benzene rings is 5. The van der Waals surface area contributed by atoms with Crippen molar-refractivity contribution in [1.82, 2.24) is 24.9 Å². The molecule has 0 aliphatic carbocycles. The highest BCUT2D eigenvalue weighted by atomic mass is 14.9. The molecule has 0 saturated carbocycles. The molecular formula is C49H33N5. The fraction of sp³-hybridized carbons (Fsp3) is 0. The van der Waals surface area contributed by atoms with Crippen molar-refractivity contribution in [3.63, 3.8) is 0 Å². The highest BCUT2D eigenvalue weighted by Gasteiger charge is 2.16. The third-order valence-corrected chi connectivity index (χ3v) is 9.38. The van der Waals surface area contributed by atoms with E-state index in [2.05, 4.69) is 114 Å². The Balaban J connectivity index is 1.20. The second kappa shape index (κ2) is 14.7. The quantitative estimate of drug-likeness (QED) is 0.159. The third-order valence-electron chi connectivity index (χ3n) is 9.38. The highest BCUT2D eigenvalue weighted by molar-refractivity contribution is 5.82. The first kappa shape index (κ1) is 32.5. The number of hydrogen-bond donors (Lipinski definition) is 0. The van der Waals surface area contributed by atoms with Gasteiger partial charge in [0.1, 0.15) is 0 Å². The van der Waals surface area contributed by atoms with Gasteiger partial charge in [-0.2, -0.15) is 0 Å². The van der Waals surface area contributed by atoms with Crippen LogP contribution in [0.1, 0.15) is 0 Å². The van der Waals surface area contributed by atoms with Gasteiger partial charge < -0.3 is 0 Å². The number of aromatic nitrogens is 5. The zero-order valence-corrected chi connectivity index (χ0v) is 29.3. The van der Waals surface area contributed by atoms with E-state index in [4.69, 9.17) is 19.9 Å². The summed E-state index contributed by atoms with van der Waals surface area (Å²) in [6, 6.07) is 64.4. The zero-order chi connectivity index (χ0) is 36.1. The van der Waals surface area contributed by atoms with E-state index >= 15 is 0 Å². The molecule has 0 spiro atoms. The molecule has 9 rings (SSSR count). The maximum absolute atomic E-state index is 5.26. The fourth-order valence-corrected chi connectivity index (χ4v) is 6.67. The van der Waals surface area contributed by atoms with Crippen LogP contribution in [-0.2, 0) is 0 Å². The molecule has 0 aliphatic heterocycles. The van der Waals surface area contributed by atoms with Crippen molar-refractivity contribution in [1.29, 1.82) is 0 Å². The van der Waals surface area contributed by atoms with Gasteiger partial charge in [0, 0.05) is 29.1 Å². The Morgan fingerprint density at radius 3 is 1.22 bits per heavy atom. The normalized spacial score (nSPS) is 11.0. The molecule has 0 aliphatic rings. The van der Waals surface area contributed by atoms with Crippen molar-refractivity contribution < 1.29 is 0 Å². The van der Waals surface area contributed by atoms with Gasteiger partial charge in [-0.3, -0.25) is 9.97 Å². The maximum Gasteiger partial charge on any atom is 0.160 e. The molecule has 0 unspecified atom stereocenters. The Morgan fingerprint density at radius 2 is 0.667 bits per heavy atom. The van der Waals surface area contributed by atoms with E-state index in [1.54, 1.807) is 6.20 Å². The van der Waals surface area contributed by atoms with Crippen LogP contribution in [0, 0.1) is 0 Å². The lowest BCUT2D eigenvalue weighted by atomic mass is 9.94. The standard InChI is InChI=1S/C49H33N5/c1-5-15-34(16-6-1)39-27-40(35-17-7-2-8-18-35)29-42(28-39)45-33-44(37-21-11-4-12-22-37)53-49(54-45)38-24-26-51-46(30-38)48-32-41(36-19-9-3-10-20-36)31-47(52-48)43-23-13-14-25-50-43/h1-33H. The Hall–Kier alpha value is -7.37. The molecule has 0 amide bonds. The smallest absolute Gasteiger partial charge is 0.160 e. The van der Waals surface area contributed by atoms with Crippen LogP contribution in [0.2, 0.25) is 0 Å². The molecule has 254 valence electrons. The van der Waals surface area contributed by atoms with Gasteiger partial charge in [-0.15, -0.1) is 0 Å². The first-order chi connectivity index (χ1) is 26.7. The largest absolute Gasteiger partial charge is 0.255 e. The monoisotopic (exact) mass is 691 g/mol. The number of pyridine rings is 3. The molecule has 0 radical (unpaired) electrons. The van der Waals surface area contributed by atoms with Gasteiger partial charge in [-0.05, 0) is 94.0 Å². The van der Waals surface area contributed by atoms with Gasteiger partial charge in [0.05, 0.1) is 34.2 Å². The number of hydrogen-bond acceptors (Lipinski definition) is 5. The Bertz CT molecular complexity index is 2570. The Labute approximate surface area is 314 Å². The van der Waals surface area contributed by atoms with Crippen LogP contribution in [0.3, 0.4) is 0 Å². The van der Waals surface area contributed by atoms with Crippen molar-refractivity contribution >= 4 is 0 Å². The summed E-state index contributed by atoms with van der Waals surface area (Å²) in [6.45, 7) is 0. The predicted octanol–water partition coefficient (Wildman–Crippen LogP) is 12.0. The Kier molecular flexibility index (Phi) is 8.86. The summed E-state index contributed by atoms with van der Waals surface area (Å²) >= 11 is 0. The molecule has 0 bridgehead atoms. The van der Waals surface area contributed by atoms with Crippen LogP contribution < -0.4 is 0 Å². The lowest BCUT2D eigenvalue weighted by Crippen LogP contribution is -1.98. The van der Waals surface area contributed by atoms with Gasteiger partial charge in [0.2, 0.25) is 0 Å². The average molecular weight is 692 g/mol. The minimum atomic E-state index is 0.602. The van der Waals surface area contributed by atoms with Gasteiger partial charge in [-0.25, -0.2) is 15.0 Å². The first-order valence-corrected chi connectivity index (χ1v) is 17.9. The van der Waals surface area contributed by atoms with Crippen LogP contribution in [0.4, 0.5) is 0 Å². The van der Waals surface area contributed by atoms with E-state index in [0.717, 1.165) is 84.2 Å². The van der Waals surface area contributed by atoms with Crippen LogP contribution in [0.15, 0.2) is 200 Å². The number of nitrogens with zero attached hydrogens (tertiary/aromatic N) is 5. The number of rotatable bonds is 8. The maximum atomic E-state index is 5.26. The molecular weight excluding hydrogens is 659 g/mol. The second-order valence-electron chi connectivity index (χ2n) is 13.0. The van der Waals surface area contributed by atoms with Crippen molar-refractivity contribution in [2.45, 2.75) is 0 Å². The summed E-state index contributed by atoms with van der Waals surface area (Å²) in [5, 5.41) is 0. The van der Waals surface area contributed by atoms with Gasteiger partial charge in [-0.1, -0.05) is 127 Å². The average Bonchev–Trinajstić information content (AvgIpc) is 3.27. The Morgan fingerprint density at radius 1 is 0.222 bits per heavy atom. The minimum absolute atomic E-state index is 0.602. The second-order valence-corrected chi connectivity index (χ2v) is 13.0. The van der Waals surface area contributed by atoms with E-state index in [1.807, 2.05) is 85.1 Å². The highest BCUT2D eigenvalue weighted by Crippen LogP contribution is 2.35. The van der Waals surface area contributed by atoms with E-state index < -0.39 is 0 Å². The minimum Gasteiger partial charge on any atom is -0.255 e. The topological polar surface area (TPSA) is 64.5 Å². The zero-order valence-electron chi connectivity index (χ0n) is 29.3. The summed E-state index contributed by atoms with van der Waals surface area (Å²) in [4.78, 5) is 24.9.